The van der Waals surface area contributed by atoms with E-state index in [1.54, 1.807) is 16.8 Å². The zero-order valence-electron chi connectivity index (χ0n) is 24.1. The first-order valence-corrected chi connectivity index (χ1v) is 15.0. The molecular weight excluding hydrogens is 520 g/mol. The molecule has 3 aromatic carbocycles. The van der Waals surface area contributed by atoms with E-state index in [4.69, 9.17) is 5.10 Å². The summed E-state index contributed by atoms with van der Waals surface area (Å²) in [4.78, 5) is 13.7. The van der Waals surface area contributed by atoms with E-state index in [-0.39, 0.29) is 23.4 Å². The number of aryl methyl sites for hydroxylation is 2. The number of carbonyl (C=O) groups is 1. The summed E-state index contributed by atoms with van der Waals surface area (Å²) < 4.78 is 30.2. The lowest BCUT2D eigenvalue weighted by Gasteiger charge is -2.23. The second kappa shape index (κ2) is 11.8. The molecule has 1 N–H and O–H groups in total. The zero-order valence-corrected chi connectivity index (χ0v) is 24.9. The molecule has 0 atom stereocenters. The van der Waals surface area contributed by atoms with Gasteiger partial charge in [0.1, 0.15) is 5.82 Å². The van der Waals surface area contributed by atoms with E-state index >= 15 is 0 Å². The van der Waals surface area contributed by atoms with Crippen molar-refractivity contribution in [2.75, 3.05) is 18.4 Å². The molecule has 0 spiro atoms. The minimum Gasteiger partial charge on any atom is -0.309 e. The Morgan fingerprint density at radius 2 is 1.55 bits per heavy atom. The Morgan fingerprint density at radius 1 is 0.925 bits per heavy atom. The number of anilines is 1. The first-order chi connectivity index (χ1) is 18.9. The van der Waals surface area contributed by atoms with Crippen LogP contribution in [0.4, 0.5) is 5.82 Å². The molecule has 0 bridgehead atoms. The maximum Gasteiger partial charge on any atom is 0.243 e. The van der Waals surface area contributed by atoms with Crippen LogP contribution in [0.15, 0.2) is 83.8 Å². The number of aromatic nitrogens is 2. The molecule has 40 heavy (non-hydrogen) atoms. The highest BCUT2D eigenvalue weighted by Gasteiger charge is 2.28. The van der Waals surface area contributed by atoms with Crippen LogP contribution in [0.3, 0.4) is 0 Å². The van der Waals surface area contributed by atoms with Gasteiger partial charge in [0.2, 0.25) is 15.9 Å². The van der Waals surface area contributed by atoms with Gasteiger partial charge in [-0.15, -0.1) is 0 Å². The Bertz CT molecular complexity index is 1590. The summed E-state index contributed by atoms with van der Waals surface area (Å²) >= 11 is 0. The summed E-state index contributed by atoms with van der Waals surface area (Å²) in [6.45, 7) is 11.9. The fraction of sp³-hybridized carbons (Fsp3) is 0.312. The number of nitrogens with one attached hydrogen (secondary N) is 1. The van der Waals surface area contributed by atoms with Crippen molar-refractivity contribution in [1.82, 2.24) is 14.1 Å². The molecule has 7 nitrogen and oxygen atoms in total. The van der Waals surface area contributed by atoms with Gasteiger partial charge in [-0.3, -0.25) is 4.79 Å². The van der Waals surface area contributed by atoms with E-state index in [9.17, 15) is 13.2 Å². The average molecular weight is 559 g/mol. The summed E-state index contributed by atoms with van der Waals surface area (Å²) in [5, 5.41) is 7.80. The van der Waals surface area contributed by atoms with Crippen LogP contribution >= 0.6 is 0 Å². The number of hydrogen-bond donors (Lipinski definition) is 1. The van der Waals surface area contributed by atoms with Crippen LogP contribution in [0.5, 0.6) is 0 Å². The van der Waals surface area contributed by atoms with E-state index < -0.39 is 15.9 Å². The Hall–Kier alpha value is -3.75. The Balaban J connectivity index is 1.69. The summed E-state index contributed by atoms with van der Waals surface area (Å²) in [7, 11) is -3.89. The lowest BCUT2D eigenvalue weighted by molar-refractivity contribution is -0.116. The van der Waals surface area contributed by atoms with Crippen LogP contribution < -0.4 is 5.32 Å². The summed E-state index contributed by atoms with van der Waals surface area (Å²) in [5.41, 5.74) is 5.22. The SMILES string of the molecule is CCCN(CC(=O)Nc1c(-c2ccccc2)c(C)nn1-c1ccccc1C)S(=O)(=O)c1ccc(C(C)(C)C)cc1. The van der Waals surface area contributed by atoms with Gasteiger partial charge in [-0.25, -0.2) is 13.1 Å². The predicted octanol–water partition coefficient (Wildman–Crippen LogP) is 6.49. The first-order valence-electron chi connectivity index (χ1n) is 13.5. The molecule has 8 heteroatoms. The monoisotopic (exact) mass is 558 g/mol. The minimum atomic E-state index is -3.89. The van der Waals surface area contributed by atoms with Gasteiger partial charge in [0.15, 0.2) is 0 Å². The third-order valence-electron chi connectivity index (χ3n) is 6.88. The maximum absolute atomic E-state index is 13.6. The van der Waals surface area contributed by atoms with Gasteiger partial charge in [-0.05, 0) is 60.6 Å². The largest absolute Gasteiger partial charge is 0.309 e. The number of hydrogen-bond acceptors (Lipinski definition) is 4. The quantitative estimate of drug-likeness (QED) is 0.254. The molecule has 0 unspecified atom stereocenters. The molecule has 210 valence electrons. The van der Waals surface area contributed by atoms with Crippen molar-refractivity contribution in [3.05, 3.63) is 95.7 Å². The van der Waals surface area contributed by atoms with Gasteiger partial charge in [-0.2, -0.15) is 9.40 Å². The summed E-state index contributed by atoms with van der Waals surface area (Å²) in [6, 6.07) is 24.5. The molecule has 0 fully saturated rings. The van der Waals surface area contributed by atoms with Gasteiger partial charge >= 0.3 is 0 Å². The number of amides is 1. The molecule has 1 heterocycles. The minimum absolute atomic E-state index is 0.0973. The number of para-hydroxylation sites is 1. The van der Waals surface area contributed by atoms with Crippen molar-refractivity contribution in [3.8, 4) is 16.8 Å². The smallest absolute Gasteiger partial charge is 0.243 e. The topological polar surface area (TPSA) is 84.3 Å². The van der Waals surface area contributed by atoms with E-state index in [2.05, 4.69) is 26.1 Å². The molecular formula is C32H38N4O3S. The van der Waals surface area contributed by atoms with Crippen molar-refractivity contribution in [2.45, 2.75) is 58.3 Å². The third-order valence-corrected chi connectivity index (χ3v) is 8.73. The molecule has 0 aliphatic heterocycles. The molecule has 4 aromatic rings. The van der Waals surface area contributed by atoms with Gasteiger partial charge in [-0.1, -0.05) is 88.4 Å². The fourth-order valence-corrected chi connectivity index (χ4v) is 6.20. The zero-order chi connectivity index (χ0) is 29.1. The number of rotatable bonds is 9. The molecule has 0 radical (unpaired) electrons. The van der Waals surface area contributed by atoms with Crippen LogP contribution in [0.1, 0.15) is 50.9 Å². The molecule has 0 aliphatic rings. The molecule has 0 saturated heterocycles. The average Bonchev–Trinajstić information content (AvgIpc) is 3.23. The van der Waals surface area contributed by atoms with E-state index in [0.717, 1.165) is 33.6 Å². The van der Waals surface area contributed by atoms with Crippen LogP contribution in [0, 0.1) is 13.8 Å². The Morgan fingerprint density at radius 3 is 2.15 bits per heavy atom. The third kappa shape index (κ3) is 6.18. The molecule has 0 aliphatic carbocycles. The number of carbonyl (C=O) groups excluding carboxylic acids is 1. The molecule has 0 saturated carbocycles. The summed E-state index contributed by atoms with van der Waals surface area (Å²) in [5.74, 6) is 0.0710. The van der Waals surface area contributed by atoms with Crippen LogP contribution in [0.2, 0.25) is 0 Å². The normalized spacial score (nSPS) is 12.1. The highest BCUT2D eigenvalue weighted by atomic mass is 32.2. The Kier molecular flexibility index (Phi) is 8.61. The van der Waals surface area contributed by atoms with Crippen molar-refractivity contribution in [2.24, 2.45) is 0 Å². The van der Waals surface area contributed by atoms with Gasteiger partial charge in [0.25, 0.3) is 0 Å². The van der Waals surface area contributed by atoms with Gasteiger partial charge in [0.05, 0.1) is 22.8 Å². The predicted molar refractivity (Wildman–Crippen MR) is 161 cm³/mol. The Labute approximate surface area is 237 Å². The van der Waals surface area contributed by atoms with Crippen LogP contribution in [-0.2, 0) is 20.2 Å². The van der Waals surface area contributed by atoms with Crippen LogP contribution in [-0.4, -0.2) is 41.5 Å². The maximum atomic E-state index is 13.6. The van der Waals surface area contributed by atoms with Crippen molar-refractivity contribution < 1.29 is 13.2 Å². The lowest BCUT2D eigenvalue weighted by Crippen LogP contribution is -2.38. The van der Waals surface area contributed by atoms with E-state index in [1.165, 1.54) is 4.31 Å². The van der Waals surface area contributed by atoms with Gasteiger partial charge < -0.3 is 5.32 Å². The van der Waals surface area contributed by atoms with Crippen molar-refractivity contribution in [1.29, 1.82) is 0 Å². The molecule has 1 aromatic heterocycles. The van der Waals surface area contributed by atoms with Crippen molar-refractivity contribution >= 4 is 21.7 Å². The van der Waals surface area contributed by atoms with Crippen molar-refractivity contribution in [3.63, 3.8) is 0 Å². The van der Waals surface area contributed by atoms with E-state index in [0.29, 0.717) is 12.2 Å². The molecule has 4 rings (SSSR count). The second-order valence-corrected chi connectivity index (χ2v) is 13.0. The standard InChI is InChI=1S/C32H38N4O3S/c1-7-21-35(40(38,39)27-19-17-26(18-20-27)32(4,5)6)22-29(37)33-31-30(25-14-9-8-10-15-25)24(3)34-36(31)28-16-12-11-13-23(28)2/h8-20H,7,21-22H2,1-6H3,(H,33,37). The first kappa shape index (κ1) is 29.2. The van der Waals surface area contributed by atoms with E-state index in [1.807, 2.05) is 87.5 Å². The molecule has 1 amide bonds. The highest BCUT2D eigenvalue weighted by Crippen LogP contribution is 2.34. The van der Waals surface area contributed by atoms with Crippen LogP contribution in [0.25, 0.3) is 16.8 Å². The highest BCUT2D eigenvalue weighted by molar-refractivity contribution is 7.89. The summed E-state index contributed by atoms with van der Waals surface area (Å²) in [6.07, 6.45) is 0.572. The van der Waals surface area contributed by atoms with Gasteiger partial charge in [0, 0.05) is 12.1 Å². The lowest BCUT2D eigenvalue weighted by atomic mass is 9.87. The number of sulfonamides is 1. The number of nitrogens with zero attached hydrogens (tertiary/aromatic N) is 3. The fourth-order valence-electron chi connectivity index (χ4n) is 4.71. The number of benzene rings is 3. The second-order valence-electron chi connectivity index (χ2n) is 11.0.